The molecule has 3 heterocycles. The van der Waals surface area contributed by atoms with Crippen LogP contribution in [-0.2, 0) is 16.2 Å². The standard InChI is InChI=1S/C73H66N4O/c1-48-39-69(74-46-62(48)50-23-13-10-14-24-50)77-65-30-16-15-27-60(65)61-35-34-57(45-68(61)77)78-56-26-19-25-55(44-56)75-47-76(67-32-18-17-31-66(67)75)70-58(51-33-36-63-64(43-51)73(7,8)38-37-72(63,5)6)28-20-29-59(70)53-40-52(49-21-11-9-12-22-49)41-54(42-53)71(2,3)4/h9-36,39-46H,37-38,47H2,1-8H3/i1D3,15D,16D,27D,30D,40D,41D,42D. The Hall–Kier alpha value is -8.67. The van der Waals surface area contributed by atoms with Gasteiger partial charge in [0, 0.05) is 55.6 Å². The summed E-state index contributed by atoms with van der Waals surface area (Å²) in [6, 6.07) is 53.9. The minimum Gasteiger partial charge on any atom is -0.457 e. The fourth-order valence-electron chi connectivity index (χ4n) is 11.6. The summed E-state index contributed by atoms with van der Waals surface area (Å²) in [6.45, 7) is 13.2. The summed E-state index contributed by atoms with van der Waals surface area (Å²) in [5, 5.41) is 0.762. The molecule has 1 aliphatic carbocycles. The second kappa shape index (κ2) is 18.8. The van der Waals surface area contributed by atoms with Crippen LogP contribution in [0.25, 0.3) is 72.1 Å². The number of rotatable bonds is 9. The van der Waals surface area contributed by atoms with Crippen molar-refractivity contribution in [3.8, 4) is 61.8 Å². The van der Waals surface area contributed by atoms with Gasteiger partial charge in [0.25, 0.3) is 0 Å². The molecule has 0 saturated heterocycles. The maximum Gasteiger partial charge on any atom is 0.137 e. The third kappa shape index (κ3) is 8.62. The fourth-order valence-corrected chi connectivity index (χ4v) is 11.6. The number of anilines is 4. The topological polar surface area (TPSA) is 33.5 Å². The van der Waals surface area contributed by atoms with E-state index in [2.05, 4.69) is 73.9 Å². The molecule has 5 heteroatoms. The van der Waals surface area contributed by atoms with Crippen molar-refractivity contribution in [3.05, 3.63) is 241 Å². The molecule has 0 bridgehead atoms. The highest BCUT2D eigenvalue weighted by Gasteiger charge is 2.38. The summed E-state index contributed by atoms with van der Waals surface area (Å²) >= 11 is 0. The maximum absolute atomic E-state index is 10.2. The molecule has 1 aliphatic heterocycles. The van der Waals surface area contributed by atoms with Crippen molar-refractivity contribution in [1.29, 1.82) is 0 Å². The molecule has 5 nitrogen and oxygen atoms in total. The molecule has 2 aliphatic rings. The number of ether oxygens (including phenoxy) is 1. The number of hydrogen-bond donors (Lipinski definition) is 0. The summed E-state index contributed by atoms with van der Waals surface area (Å²) in [5.74, 6) is 1.04. The molecular formula is C73H66N4O. The smallest absolute Gasteiger partial charge is 0.137 e. The number of pyridine rings is 1. The van der Waals surface area contributed by atoms with E-state index in [-0.39, 0.29) is 63.3 Å². The van der Waals surface area contributed by atoms with Crippen LogP contribution in [0.1, 0.15) is 97.3 Å². The second-order valence-corrected chi connectivity index (χ2v) is 23.1. The van der Waals surface area contributed by atoms with Gasteiger partial charge in [-0.1, -0.05) is 194 Å². The van der Waals surface area contributed by atoms with Crippen LogP contribution in [0.15, 0.2) is 218 Å². The number of para-hydroxylation sites is 4. The lowest BCUT2D eigenvalue weighted by Gasteiger charge is -2.42. The van der Waals surface area contributed by atoms with Crippen LogP contribution in [0.3, 0.4) is 0 Å². The van der Waals surface area contributed by atoms with Gasteiger partial charge in [0.05, 0.1) is 37.7 Å². The summed E-state index contributed by atoms with van der Waals surface area (Å²) < 4.78 is 100. The second-order valence-electron chi connectivity index (χ2n) is 23.1. The monoisotopic (exact) mass is 1020 g/mol. The van der Waals surface area contributed by atoms with E-state index in [0.29, 0.717) is 62.5 Å². The Morgan fingerprint density at radius 3 is 1.96 bits per heavy atom. The Balaban J connectivity index is 0.955. The van der Waals surface area contributed by atoms with Crippen LogP contribution in [-0.4, -0.2) is 16.2 Å². The molecule has 13 rings (SSSR count). The van der Waals surface area contributed by atoms with Crippen molar-refractivity contribution in [2.75, 3.05) is 16.5 Å². The van der Waals surface area contributed by atoms with E-state index >= 15 is 0 Å². The Labute approximate surface area is 474 Å². The van der Waals surface area contributed by atoms with Gasteiger partial charge in [0.2, 0.25) is 0 Å². The number of fused-ring (bicyclic) bond motifs is 5. The molecule has 11 aromatic rings. The molecule has 2 aromatic heterocycles. The number of aryl methyl sites for hydroxylation is 1. The van der Waals surface area contributed by atoms with Gasteiger partial charge in [-0.25, -0.2) is 4.98 Å². The molecular weight excluding hydrogens is 949 g/mol. The molecule has 0 N–H and O–H groups in total. The minimum atomic E-state index is -2.57. The zero-order chi connectivity index (χ0) is 62.1. The first-order chi connectivity index (χ1) is 41.8. The average molecular weight is 1030 g/mol. The predicted octanol–water partition coefficient (Wildman–Crippen LogP) is 19.8. The van der Waals surface area contributed by atoms with E-state index in [0.717, 1.165) is 52.3 Å². The Kier molecular flexibility index (Phi) is 9.36. The summed E-state index contributed by atoms with van der Waals surface area (Å²) in [4.78, 5) is 9.33. The van der Waals surface area contributed by atoms with E-state index in [1.165, 1.54) is 23.4 Å². The third-order valence-corrected chi connectivity index (χ3v) is 16.0. The fraction of sp³-hybridized carbons (Fsp3) is 0.192. The summed E-state index contributed by atoms with van der Waals surface area (Å²) in [7, 11) is 0. The lowest BCUT2D eigenvalue weighted by atomic mass is 9.63. The molecule has 0 atom stereocenters. The van der Waals surface area contributed by atoms with Crippen molar-refractivity contribution in [3.63, 3.8) is 0 Å². The van der Waals surface area contributed by atoms with Crippen molar-refractivity contribution in [1.82, 2.24) is 9.55 Å². The van der Waals surface area contributed by atoms with Gasteiger partial charge < -0.3 is 14.5 Å². The van der Waals surface area contributed by atoms with Crippen LogP contribution in [0.5, 0.6) is 11.5 Å². The van der Waals surface area contributed by atoms with Gasteiger partial charge in [0.1, 0.15) is 24.0 Å². The van der Waals surface area contributed by atoms with Gasteiger partial charge in [-0.2, -0.15) is 0 Å². The highest BCUT2D eigenvalue weighted by atomic mass is 16.5. The van der Waals surface area contributed by atoms with Crippen molar-refractivity contribution >= 4 is 44.6 Å². The van der Waals surface area contributed by atoms with Gasteiger partial charge in [0.15, 0.2) is 0 Å². The quantitative estimate of drug-likeness (QED) is 0.144. The van der Waals surface area contributed by atoms with Crippen LogP contribution >= 0.6 is 0 Å². The number of hydrogen-bond acceptors (Lipinski definition) is 4. The van der Waals surface area contributed by atoms with Gasteiger partial charge in [-0.15, -0.1) is 0 Å². The van der Waals surface area contributed by atoms with Crippen molar-refractivity contribution < 1.29 is 18.4 Å². The highest BCUT2D eigenvalue weighted by molar-refractivity contribution is 6.09. The Bertz CT molecular complexity index is 4640. The number of nitrogens with zero attached hydrogens (tertiary/aromatic N) is 4. The SMILES string of the molecule is [2H]c1c(-c2ccccc2)c([2H])c(C(C)(C)C)c([2H])c1-c1cccc(-c2ccc3c(c2)C(C)(C)CCC3(C)C)c1N1CN(c2cccc(Oc3ccc4c5c([2H])c([2H])c([2H])c([2H])c5n(-c5cc(C([2H])([2H])[2H])c(-c6ccccc6)cn5)c4c3)c2)c2ccccc21. The Morgan fingerprint density at radius 2 is 1.21 bits per heavy atom. The molecule has 0 saturated carbocycles. The number of benzene rings is 9. The van der Waals surface area contributed by atoms with Crippen molar-refractivity contribution in [2.24, 2.45) is 0 Å². The molecule has 0 amide bonds. The summed E-state index contributed by atoms with van der Waals surface area (Å²) in [5.41, 5.74) is 12.0. The minimum absolute atomic E-state index is 0.0119. The molecule has 0 fully saturated rings. The maximum atomic E-state index is 10.2. The first-order valence-corrected chi connectivity index (χ1v) is 26.9. The van der Waals surface area contributed by atoms with Crippen LogP contribution in [0.4, 0.5) is 22.7 Å². The molecule has 9 aromatic carbocycles. The Morgan fingerprint density at radius 1 is 0.538 bits per heavy atom. The largest absolute Gasteiger partial charge is 0.457 e. The van der Waals surface area contributed by atoms with Gasteiger partial charge in [-0.05, 0) is 141 Å². The van der Waals surface area contributed by atoms with Gasteiger partial charge >= 0.3 is 0 Å². The highest BCUT2D eigenvalue weighted by Crippen LogP contribution is 2.53. The lowest BCUT2D eigenvalue weighted by Crippen LogP contribution is -2.33. The predicted molar refractivity (Wildman–Crippen MR) is 328 cm³/mol. The molecule has 0 spiro atoms. The van der Waals surface area contributed by atoms with Crippen molar-refractivity contribution in [2.45, 2.75) is 84.4 Å². The van der Waals surface area contributed by atoms with Crippen LogP contribution in [0.2, 0.25) is 0 Å². The first kappa shape index (κ1) is 38.8. The zero-order valence-electron chi connectivity index (χ0n) is 55.1. The normalized spacial score (nSPS) is 16.7. The average Bonchev–Trinajstić information content (AvgIpc) is 1.46. The summed E-state index contributed by atoms with van der Waals surface area (Å²) in [6.07, 6.45) is 3.62. The van der Waals surface area contributed by atoms with Crippen LogP contribution in [0, 0.1) is 6.85 Å². The van der Waals surface area contributed by atoms with E-state index in [1.54, 1.807) is 22.8 Å². The van der Waals surface area contributed by atoms with E-state index in [4.69, 9.17) is 17.9 Å². The van der Waals surface area contributed by atoms with E-state index in [1.807, 2.05) is 130 Å². The van der Waals surface area contributed by atoms with E-state index < -0.39 is 24.4 Å². The van der Waals surface area contributed by atoms with Crippen LogP contribution < -0.4 is 14.5 Å². The molecule has 0 unspecified atom stereocenters. The number of aromatic nitrogens is 2. The first-order valence-electron chi connectivity index (χ1n) is 31.9. The van der Waals surface area contributed by atoms with Gasteiger partial charge in [-0.3, -0.25) is 4.57 Å². The zero-order valence-corrected chi connectivity index (χ0v) is 45.1. The molecule has 384 valence electrons. The third-order valence-electron chi connectivity index (χ3n) is 16.0. The molecule has 78 heavy (non-hydrogen) atoms. The van der Waals surface area contributed by atoms with E-state index in [9.17, 15) is 5.48 Å². The lowest BCUT2D eigenvalue weighted by molar-refractivity contribution is 0.332. The molecule has 0 radical (unpaired) electrons.